The first-order valence-corrected chi connectivity index (χ1v) is 8.94. The highest BCUT2D eigenvalue weighted by atomic mass is 32.2. The van der Waals surface area contributed by atoms with E-state index in [0.29, 0.717) is 26.7 Å². The van der Waals surface area contributed by atoms with Crippen molar-refractivity contribution in [2.24, 2.45) is 4.99 Å². The molecule has 130 valence electrons. The van der Waals surface area contributed by atoms with Crippen LogP contribution >= 0.6 is 23.1 Å². The van der Waals surface area contributed by atoms with Gasteiger partial charge in [0, 0.05) is 12.6 Å². The second kappa shape index (κ2) is 7.24. The number of para-hydroxylation sites is 1. The Labute approximate surface area is 153 Å². The van der Waals surface area contributed by atoms with Crippen molar-refractivity contribution < 1.29 is 14.3 Å². The summed E-state index contributed by atoms with van der Waals surface area (Å²) in [4.78, 5) is 19.0. The second-order valence-corrected chi connectivity index (χ2v) is 7.22. The molecule has 3 rings (SSSR count). The van der Waals surface area contributed by atoms with E-state index in [1.807, 2.05) is 19.1 Å². The molecular weight excluding hydrogens is 360 g/mol. The first-order valence-electron chi connectivity index (χ1n) is 7.31. The number of nitrogens with zero attached hydrogens (tertiary/aromatic N) is 4. The van der Waals surface area contributed by atoms with Crippen molar-refractivity contribution >= 4 is 45.4 Å². The number of likely N-dealkylation sites (N-methyl/N-ethyl adjacent to an activating group) is 1. The summed E-state index contributed by atoms with van der Waals surface area (Å²) in [6.07, 6.45) is 1.78. The second-order valence-electron chi connectivity index (χ2n) is 5.06. The molecule has 0 atom stereocenters. The van der Waals surface area contributed by atoms with Crippen LogP contribution in [0.2, 0.25) is 0 Å². The fraction of sp³-hybridized carbons (Fsp3) is 0.250. The zero-order chi connectivity index (χ0) is 18.0. The highest BCUT2D eigenvalue weighted by Crippen LogP contribution is 2.37. The van der Waals surface area contributed by atoms with Gasteiger partial charge in [-0.25, -0.2) is 0 Å². The average molecular weight is 376 g/mol. The molecule has 1 aliphatic rings. The van der Waals surface area contributed by atoms with Crippen LogP contribution in [0.25, 0.3) is 6.08 Å². The van der Waals surface area contributed by atoms with Crippen molar-refractivity contribution in [3.63, 3.8) is 0 Å². The zero-order valence-electron chi connectivity index (χ0n) is 14.1. The van der Waals surface area contributed by atoms with E-state index < -0.39 is 0 Å². The Hall–Kier alpha value is -2.39. The first kappa shape index (κ1) is 17.4. The van der Waals surface area contributed by atoms with Crippen molar-refractivity contribution in [2.75, 3.05) is 21.3 Å². The number of benzene rings is 1. The highest BCUT2D eigenvalue weighted by molar-refractivity contribution is 8.18. The molecule has 0 unspecified atom stereocenters. The van der Waals surface area contributed by atoms with E-state index in [9.17, 15) is 4.79 Å². The molecule has 0 radical (unpaired) electrons. The Kier molecular flexibility index (Phi) is 5.05. The van der Waals surface area contributed by atoms with Crippen molar-refractivity contribution in [1.29, 1.82) is 0 Å². The van der Waals surface area contributed by atoms with Gasteiger partial charge >= 0.3 is 0 Å². The summed E-state index contributed by atoms with van der Waals surface area (Å²) >= 11 is 2.67. The molecule has 1 aliphatic heterocycles. The number of aryl methyl sites for hydroxylation is 1. The number of ether oxygens (including phenoxy) is 2. The third kappa shape index (κ3) is 3.52. The summed E-state index contributed by atoms with van der Waals surface area (Å²) in [5, 5.41) is 9.83. The van der Waals surface area contributed by atoms with Gasteiger partial charge in [-0.15, -0.1) is 10.2 Å². The van der Waals surface area contributed by atoms with E-state index in [-0.39, 0.29) is 5.91 Å². The molecule has 1 fully saturated rings. The minimum Gasteiger partial charge on any atom is -0.493 e. The van der Waals surface area contributed by atoms with Crippen LogP contribution in [0.1, 0.15) is 10.6 Å². The van der Waals surface area contributed by atoms with Crippen molar-refractivity contribution in [3.8, 4) is 11.5 Å². The van der Waals surface area contributed by atoms with Gasteiger partial charge in [0.2, 0.25) is 5.13 Å². The Balaban J connectivity index is 1.95. The average Bonchev–Trinajstić information content (AvgIpc) is 3.13. The summed E-state index contributed by atoms with van der Waals surface area (Å²) in [5.74, 6) is 1.06. The van der Waals surface area contributed by atoms with Crippen LogP contribution in [0, 0.1) is 6.92 Å². The molecule has 1 aromatic heterocycles. The molecular formula is C16H16N4O3S2. The number of hydrogen-bond donors (Lipinski definition) is 0. The topological polar surface area (TPSA) is 76.9 Å². The number of carbonyl (C=O) groups is 1. The number of aliphatic imine (C=N–C) groups is 1. The molecule has 0 spiro atoms. The lowest BCUT2D eigenvalue weighted by atomic mass is 10.1. The summed E-state index contributed by atoms with van der Waals surface area (Å²) < 4.78 is 10.7. The summed E-state index contributed by atoms with van der Waals surface area (Å²) in [7, 11) is 4.83. The minimum absolute atomic E-state index is 0.130. The molecule has 0 saturated carbocycles. The smallest absolute Gasteiger partial charge is 0.266 e. The molecule has 1 amide bonds. The van der Waals surface area contributed by atoms with Crippen LogP contribution in [-0.4, -0.2) is 47.4 Å². The predicted octanol–water partition coefficient (Wildman–Crippen LogP) is 3.10. The van der Waals surface area contributed by atoms with Gasteiger partial charge in [0.25, 0.3) is 5.91 Å². The lowest BCUT2D eigenvalue weighted by molar-refractivity contribution is -0.121. The maximum absolute atomic E-state index is 12.5. The number of thioether (sulfide) groups is 1. The van der Waals surface area contributed by atoms with Gasteiger partial charge in [0.15, 0.2) is 16.7 Å². The highest BCUT2D eigenvalue weighted by Gasteiger charge is 2.31. The van der Waals surface area contributed by atoms with E-state index in [4.69, 9.17) is 9.47 Å². The molecule has 2 heterocycles. The number of rotatable bonds is 4. The van der Waals surface area contributed by atoms with E-state index in [1.165, 1.54) is 28.0 Å². The molecule has 0 bridgehead atoms. The maximum atomic E-state index is 12.5. The molecule has 1 saturated heterocycles. The molecule has 0 N–H and O–H groups in total. The minimum atomic E-state index is -0.130. The lowest BCUT2D eigenvalue weighted by Crippen LogP contribution is -2.23. The van der Waals surface area contributed by atoms with Gasteiger partial charge in [-0.1, -0.05) is 23.5 Å². The standard InChI is InChI=1S/C16H16N4O3S2/c1-9-18-19-15(24-9)17-16-20(2)14(21)12(25-16)8-10-6-5-7-11(22-3)13(10)23-4/h5-8H,1-4H3/b12-8-,17-16+. The van der Waals surface area contributed by atoms with Crippen LogP contribution in [-0.2, 0) is 4.79 Å². The zero-order valence-corrected chi connectivity index (χ0v) is 15.8. The monoisotopic (exact) mass is 376 g/mol. The first-order chi connectivity index (χ1) is 12.0. The van der Waals surface area contributed by atoms with Crippen molar-refractivity contribution in [3.05, 3.63) is 33.7 Å². The summed E-state index contributed by atoms with van der Waals surface area (Å²) in [6, 6.07) is 5.52. The van der Waals surface area contributed by atoms with Gasteiger partial charge in [-0.3, -0.25) is 9.69 Å². The van der Waals surface area contributed by atoms with E-state index in [1.54, 1.807) is 33.4 Å². The molecule has 9 heteroatoms. The van der Waals surface area contributed by atoms with Crippen LogP contribution < -0.4 is 9.47 Å². The molecule has 0 aliphatic carbocycles. The lowest BCUT2D eigenvalue weighted by Gasteiger charge is -2.10. The quantitative estimate of drug-likeness (QED) is 0.763. The Bertz CT molecular complexity index is 876. The predicted molar refractivity (Wildman–Crippen MR) is 99.6 cm³/mol. The van der Waals surface area contributed by atoms with Crippen molar-refractivity contribution in [2.45, 2.75) is 6.92 Å². The van der Waals surface area contributed by atoms with Gasteiger partial charge in [0.05, 0.1) is 19.1 Å². The summed E-state index contributed by atoms with van der Waals surface area (Å²) in [6.45, 7) is 1.86. The number of hydrogen-bond acceptors (Lipinski definition) is 8. The Morgan fingerprint density at radius 3 is 2.68 bits per heavy atom. The SMILES string of the molecule is COc1cccc(/C=C2\S/C(=N/c3nnc(C)s3)N(C)C2=O)c1OC. The third-order valence-corrected chi connectivity index (χ3v) is 5.22. The van der Waals surface area contributed by atoms with Crippen LogP contribution in [0.4, 0.5) is 5.13 Å². The maximum Gasteiger partial charge on any atom is 0.266 e. The third-order valence-electron chi connectivity index (χ3n) is 3.43. The molecule has 1 aromatic carbocycles. The van der Waals surface area contributed by atoms with Gasteiger partial charge in [-0.2, -0.15) is 4.99 Å². The van der Waals surface area contributed by atoms with Crippen LogP contribution in [0.15, 0.2) is 28.1 Å². The van der Waals surface area contributed by atoms with Crippen molar-refractivity contribution in [1.82, 2.24) is 15.1 Å². The normalized spacial score (nSPS) is 17.6. The van der Waals surface area contributed by atoms with Crippen LogP contribution in [0.5, 0.6) is 11.5 Å². The van der Waals surface area contributed by atoms with Gasteiger partial charge in [-0.05, 0) is 30.8 Å². The molecule has 2 aromatic rings. The number of aromatic nitrogens is 2. The van der Waals surface area contributed by atoms with Crippen LogP contribution in [0.3, 0.4) is 0 Å². The number of amidine groups is 1. The van der Waals surface area contributed by atoms with Gasteiger partial charge in [0.1, 0.15) is 5.01 Å². The summed E-state index contributed by atoms with van der Waals surface area (Å²) in [5.41, 5.74) is 0.763. The van der Waals surface area contributed by atoms with E-state index in [2.05, 4.69) is 15.2 Å². The van der Waals surface area contributed by atoms with E-state index >= 15 is 0 Å². The molecule has 7 nitrogen and oxygen atoms in total. The number of amides is 1. The largest absolute Gasteiger partial charge is 0.493 e. The Morgan fingerprint density at radius 2 is 2.04 bits per heavy atom. The fourth-order valence-corrected chi connectivity index (χ4v) is 3.81. The van der Waals surface area contributed by atoms with Gasteiger partial charge < -0.3 is 9.47 Å². The Morgan fingerprint density at radius 1 is 1.24 bits per heavy atom. The number of methoxy groups -OCH3 is 2. The molecule has 25 heavy (non-hydrogen) atoms. The number of carbonyl (C=O) groups excluding carboxylic acids is 1. The van der Waals surface area contributed by atoms with E-state index in [0.717, 1.165) is 10.6 Å². The fourth-order valence-electron chi connectivity index (χ4n) is 2.23.